The van der Waals surface area contributed by atoms with E-state index in [0.29, 0.717) is 0 Å². The third-order valence-electron chi connectivity index (χ3n) is 3.53. The fourth-order valence-corrected chi connectivity index (χ4v) is 4.46. The van der Waals surface area contributed by atoms with Gasteiger partial charge in [-0.05, 0) is 36.4 Å². The molecule has 0 fully saturated rings. The molecule has 0 aliphatic heterocycles. The van der Waals surface area contributed by atoms with Crippen molar-refractivity contribution >= 4 is 26.3 Å². The SMILES string of the molecule is COc1ccc(C[S+](c2ccccc2)c2ccccc2)cc1.F[As-](F)(F)F. The fourth-order valence-electron chi connectivity index (χ4n) is 2.36. The van der Waals surface area contributed by atoms with E-state index in [4.69, 9.17) is 4.74 Å². The standard InChI is InChI=1S/C20H19OS.AsF4/c1-21-18-14-12-17(13-15-18)16-22(19-8-4-2-5-9-19)20-10-6-3-7-11-20;2-1(3,4)5/h2-15H,16H2,1H3;/q+1;-1. The Balaban J connectivity index is 0.000000465. The van der Waals surface area contributed by atoms with E-state index in [9.17, 15) is 13.9 Å². The molecule has 0 bridgehead atoms. The molecule has 0 atom stereocenters. The Kier molecular flexibility index (Phi) is 8.26. The van der Waals surface area contributed by atoms with Gasteiger partial charge in [-0.25, -0.2) is 0 Å². The normalized spacial score (nSPS) is 11.5. The zero-order valence-corrected chi connectivity index (χ0v) is 17.3. The van der Waals surface area contributed by atoms with Gasteiger partial charge in [-0.2, -0.15) is 0 Å². The molecule has 0 aromatic heterocycles. The summed E-state index contributed by atoms with van der Waals surface area (Å²) in [5.41, 5.74) is 1.33. The maximum absolute atomic E-state index is 9.86. The molecule has 0 aliphatic rings. The Labute approximate surface area is 163 Å². The molecule has 0 N–H and O–H groups in total. The molecule has 0 unspecified atom stereocenters. The first kappa shape index (κ1) is 21.4. The van der Waals surface area contributed by atoms with E-state index in [-0.39, 0.29) is 10.9 Å². The summed E-state index contributed by atoms with van der Waals surface area (Å²) in [6.45, 7) is 0. The summed E-state index contributed by atoms with van der Waals surface area (Å²) in [5.74, 6) is 1.92. The molecule has 0 radical (unpaired) electrons. The van der Waals surface area contributed by atoms with Gasteiger partial charge in [-0.3, -0.25) is 0 Å². The summed E-state index contributed by atoms with van der Waals surface area (Å²) in [6.07, 6.45) is 0. The summed E-state index contributed by atoms with van der Waals surface area (Å²) in [5, 5.41) is 0. The maximum atomic E-state index is 9.86. The molecule has 1 nitrogen and oxygen atoms in total. The van der Waals surface area contributed by atoms with Gasteiger partial charge in [-0.1, -0.05) is 48.5 Å². The van der Waals surface area contributed by atoms with Crippen LogP contribution in [0.1, 0.15) is 5.56 Å². The number of hydrogen-bond acceptors (Lipinski definition) is 1. The summed E-state index contributed by atoms with van der Waals surface area (Å²) in [7, 11) is 1.75. The number of ether oxygens (including phenoxy) is 1. The molecule has 3 aromatic carbocycles. The van der Waals surface area contributed by atoms with Crippen molar-refractivity contribution in [3.05, 3.63) is 90.5 Å². The van der Waals surface area contributed by atoms with Gasteiger partial charge in [0.05, 0.1) is 18.0 Å². The fraction of sp³-hybridized carbons (Fsp3) is 0.100. The second-order valence-electron chi connectivity index (χ2n) is 5.39. The average Bonchev–Trinajstić information content (AvgIpc) is 2.67. The van der Waals surface area contributed by atoms with Gasteiger partial charge in [0.25, 0.3) is 0 Å². The van der Waals surface area contributed by atoms with E-state index >= 15 is 0 Å². The summed E-state index contributed by atoms with van der Waals surface area (Å²) in [4.78, 5) is 2.76. The first-order chi connectivity index (χ1) is 12.9. The first-order valence-electron chi connectivity index (χ1n) is 7.98. The minimum atomic E-state index is -6.88. The van der Waals surface area contributed by atoms with Crippen LogP contribution in [0.5, 0.6) is 5.75 Å². The van der Waals surface area contributed by atoms with E-state index in [1.54, 1.807) is 7.11 Å². The van der Waals surface area contributed by atoms with Crippen LogP contribution in [0.25, 0.3) is 0 Å². The molecule has 144 valence electrons. The average molecular weight is 458 g/mol. The Morgan fingerprint density at radius 1 is 0.704 bits per heavy atom. The van der Waals surface area contributed by atoms with Gasteiger partial charge in [-0.15, -0.1) is 0 Å². The van der Waals surface area contributed by atoms with E-state index in [1.165, 1.54) is 15.4 Å². The van der Waals surface area contributed by atoms with Crippen LogP contribution in [-0.2, 0) is 16.6 Å². The van der Waals surface area contributed by atoms with Crippen molar-refractivity contribution in [2.45, 2.75) is 15.5 Å². The molecule has 3 aromatic rings. The zero-order chi connectivity index (χ0) is 19.7. The molecule has 0 heterocycles. The van der Waals surface area contributed by atoms with Crippen molar-refractivity contribution in [1.29, 1.82) is 0 Å². The van der Waals surface area contributed by atoms with Gasteiger partial charge >= 0.3 is 29.3 Å². The molecule has 3 rings (SSSR count). The van der Waals surface area contributed by atoms with Crippen LogP contribution in [0, 0.1) is 0 Å². The van der Waals surface area contributed by atoms with E-state index < -0.39 is 15.4 Å². The Hall–Kier alpha value is -1.91. The molecule has 0 saturated heterocycles. The quantitative estimate of drug-likeness (QED) is 0.250. The Bertz CT molecular complexity index is 750. The summed E-state index contributed by atoms with van der Waals surface area (Å²) >= 11 is -6.88. The Morgan fingerprint density at radius 3 is 1.48 bits per heavy atom. The number of hydrogen-bond donors (Lipinski definition) is 0. The van der Waals surface area contributed by atoms with Gasteiger partial charge < -0.3 is 4.74 Å². The van der Waals surface area contributed by atoms with E-state index in [1.807, 2.05) is 12.1 Å². The third kappa shape index (κ3) is 8.10. The number of halogens is 4. The van der Waals surface area contributed by atoms with Crippen molar-refractivity contribution in [2.24, 2.45) is 0 Å². The van der Waals surface area contributed by atoms with Crippen LogP contribution in [0.3, 0.4) is 0 Å². The molecule has 27 heavy (non-hydrogen) atoms. The van der Waals surface area contributed by atoms with Gasteiger partial charge in [0.15, 0.2) is 9.79 Å². The molecular weight excluding hydrogens is 439 g/mol. The van der Waals surface area contributed by atoms with E-state index in [2.05, 4.69) is 72.8 Å². The van der Waals surface area contributed by atoms with Crippen molar-refractivity contribution < 1.29 is 18.6 Å². The molecule has 0 amide bonds. The molecule has 0 aliphatic carbocycles. The third-order valence-corrected chi connectivity index (χ3v) is 5.83. The molecule has 0 saturated carbocycles. The van der Waals surface area contributed by atoms with Crippen LogP contribution < -0.4 is 4.74 Å². The monoisotopic (exact) mass is 458 g/mol. The molecule has 0 spiro atoms. The van der Waals surface area contributed by atoms with Crippen molar-refractivity contribution in [2.75, 3.05) is 7.11 Å². The van der Waals surface area contributed by atoms with Crippen molar-refractivity contribution in [1.82, 2.24) is 0 Å². The predicted octanol–water partition coefficient (Wildman–Crippen LogP) is 6.23. The van der Waals surface area contributed by atoms with Crippen LogP contribution in [0.4, 0.5) is 13.9 Å². The first-order valence-corrected chi connectivity index (χ1v) is 12.2. The van der Waals surface area contributed by atoms with Crippen LogP contribution in [0.2, 0.25) is 0 Å². The minimum absolute atomic E-state index is 0.0484. The predicted molar refractivity (Wildman–Crippen MR) is 104 cm³/mol. The molecular formula is C20H19AsF4OS. The van der Waals surface area contributed by atoms with Crippen LogP contribution in [-0.4, -0.2) is 22.5 Å². The van der Waals surface area contributed by atoms with Crippen molar-refractivity contribution in [3.8, 4) is 5.75 Å². The Morgan fingerprint density at radius 2 is 1.11 bits per heavy atom. The van der Waals surface area contributed by atoms with Gasteiger partial charge in [0, 0.05) is 5.56 Å². The zero-order valence-electron chi connectivity index (χ0n) is 14.6. The van der Waals surface area contributed by atoms with Crippen LogP contribution in [0.15, 0.2) is 94.7 Å². The molecule has 7 heteroatoms. The summed E-state index contributed by atoms with van der Waals surface area (Å²) in [6, 6.07) is 29.9. The topological polar surface area (TPSA) is 9.23 Å². The van der Waals surface area contributed by atoms with Crippen molar-refractivity contribution in [3.63, 3.8) is 0 Å². The van der Waals surface area contributed by atoms with Gasteiger partial charge in [0.1, 0.15) is 11.5 Å². The number of rotatable bonds is 5. The second-order valence-corrected chi connectivity index (χ2v) is 9.01. The second kappa shape index (κ2) is 10.4. The van der Waals surface area contributed by atoms with Gasteiger partial charge in [0.2, 0.25) is 0 Å². The number of benzene rings is 3. The number of methoxy groups -OCH3 is 1. The van der Waals surface area contributed by atoms with Crippen LogP contribution >= 0.6 is 0 Å². The summed E-state index contributed by atoms with van der Waals surface area (Å²) < 4.78 is 44.7. The van der Waals surface area contributed by atoms with E-state index in [0.717, 1.165) is 11.5 Å².